The first kappa shape index (κ1) is 16.5. The summed E-state index contributed by atoms with van der Waals surface area (Å²) in [5, 5.41) is 0. The molecule has 5 heteroatoms. The second kappa shape index (κ2) is 6.07. The highest BCUT2D eigenvalue weighted by atomic mass is 32.2. The zero-order valence-electron chi connectivity index (χ0n) is 13.4. The standard InChI is InChI=1S/C16H26N2O2S/c1-11-5-12(2)10-18(9-11)21(19,20)16-7-15(8-17)13(3)6-14(16)4/h6-7,11-12H,5,8-10,17H2,1-4H3. The Bertz CT molecular complexity index is 615. The summed E-state index contributed by atoms with van der Waals surface area (Å²) in [6.07, 6.45) is 1.09. The van der Waals surface area contributed by atoms with Crippen molar-refractivity contribution in [3.63, 3.8) is 0 Å². The summed E-state index contributed by atoms with van der Waals surface area (Å²) in [6.45, 7) is 9.64. The molecule has 4 nitrogen and oxygen atoms in total. The highest BCUT2D eigenvalue weighted by Crippen LogP contribution is 2.29. The van der Waals surface area contributed by atoms with Gasteiger partial charge in [0.15, 0.2) is 0 Å². The van der Waals surface area contributed by atoms with Crippen LogP contribution in [0.15, 0.2) is 17.0 Å². The number of rotatable bonds is 3. The van der Waals surface area contributed by atoms with Crippen molar-refractivity contribution in [2.45, 2.75) is 45.6 Å². The lowest BCUT2D eigenvalue weighted by Gasteiger charge is -2.34. The first-order valence-electron chi connectivity index (χ1n) is 7.56. The van der Waals surface area contributed by atoms with Gasteiger partial charge in [0, 0.05) is 19.6 Å². The molecule has 0 amide bonds. The normalized spacial score (nSPS) is 24.2. The minimum atomic E-state index is -3.43. The van der Waals surface area contributed by atoms with E-state index in [-0.39, 0.29) is 0 Å². The lowest BCUT2D eigenvalue weighted by atomic mass is 9.94. The molecule has 1 aromatic carbocycles. The number of nitrogens with zero attached hydrogens (tertiary/aromatic N) is 1. The zero-order valence-corrected chi connectivity index (χ0v) is 14.2. The maximum absolute atomic E-state index is 13.0. The van der Waals surface area contributed by atoms with Gasteiger partial charge in [-0.2, -0.15) is 4.31 Å². The maximum atomic E-state index is 13.0. The minimum absolute atomic E-state index is 0.363. The molecule has 0 saturated carbocycles. The molecule has 2 rings (SSSR count). The van der Waals surface area contributed by atoms with Crippen LogP contribution in [0.5, 0.6) is 0 Å². The molecule has 2 unspecified atom stereocenters. The van der Waals surface area contributed by atoms with Crippen LogP contribution in [0, 0.1) is 25.7 Å². The summed E-state index contributed by atoms with van der Waals surface area (Å²) in [5.74, 6) is 0.812. The van der Waals surface area contributed by atoms with Crippen molar-refractivity contribution < 1.29 is 8.42 Å². The molecule has 2 atom stereocenters. The van der Waals surface area contributed by atoms with Crippen LogP contribution in [-0.2, 0) is 16.6 Å². The predicted molar refractivity (Wildman–Crippen MR) is 85.5 cm³/mol. The fourth-order valence-electron chi connectivity index (χ4n) is 3.31. The van der Waals surface area contributed by atoms with Gasteiger partial charge in [-0.05, 0) is 54.9 Å². The van der Waals surface area contributed by atoms with Gasteiger partial charge in [0.1, 0.15) is 0 Å². The second-order valence-electron chi connectivity index (χ2n) is 6.52. The van der Waals surface area contributed by atoms with Crippen LogP contribution in [0.2, 0.25) is 0 Å². The Labute approximate surface area is 128 Å². The molecule has 0 bridgehead atoms. The summed E-state index contributed by atoms with van der Waals surface area (Å²) < 4.78 is 27.6. The lowest BCUT2D eigenvalue weighted by molar-refractivity contribution is 0.222. The van der Waals surface area contributed by atoms with E-state index in [9.17, 15) is 8.42 Å². The van der Waals surface area contributed by atoms with E-state index >= 15 is 0 Å². The molecule has 0 radical (unpaired) electrons. The minimum Gasteiger partial charge on any atom is -0.326 e. The molecule has 1 saturated heterocycles. The third-order valence-corrected chi connectivity index (χ3v) is 6.28. The van der Waals surface area contributed by atoms with Gasteiger partial charge in [-0.15, -0.1) is 0 Å². The Morgan fingerprint density at radius 1 is 1.14 bits per heavy atom. The summed E-state index contributed by atoms with van der Waals surface area (Å²) in [5.41, 5.74) is 8.48. The third-order valence-electron chi connectivity index (χ3n) is 4.31. The first-order chi connectivity index (χ1) is 9.75. The van der Waals surface area contributed by atoms with Crippen LogP contribution < -0.4 is 5.73 Å². The molecule has 0 spiro atoms. The van der Waals surface area contributed by atoms with Gasteiger partial charge in [0.05, 0.1) is 4.90 Å². The van der Waals surface area contributed by atoms with Gasteiger partial charge < -0.3 is 5.73 Å². The highest BCUT2D eigenvalue weighted by molar-refractivity contribution is 7.89. The van der Waals surface area contributed by atoms with Crippen molar-refractivity contribution in [1.82, 2.24) is 4.31 Å². The molecule has 1 aliphatic heterocycles. The van der Waals surface area contributed by atoms with Crippen molar-refractivity contribution in [3.05, 3.63) is 28.8 Å². The summed E-state index contributed by atoms with van der Waals surface area (Å²) in [6, 6.07) is 3.68. The largest absolute Gasteiger partial charge is 0.326 e. The molecular weight excluding hydrogens is 284 g/mol. The number of hydrogen-bond acceptors (Lipinski definition) is 3. The van der Waals surface area contributed by atoms with Crippen molar-refractivity contribution in [2.24, 2.45) is 17.6 Å². The van der Waals surface area contributed by atoms with E-state index in [1.165, 1.54) is 0 Å². The molecule has 2 N–H and O–H groups in total. The smallest absolute Gasteiger partial charge is 0.243 e. The molecule has 21 heavy (non-hydrogen) atoms. The number of sulfonamides is 1. The summed E-state index contributed by atoms with van der Waals surface area (Å²) >= 11 is 0. The van der Waals surface area contributed by atoms with Crippen LogP contribution in [0.1, 0.15) is 37.0 Å². The van der Waals surface area contributed by atoms with Crippen molar-refractivity contribution in [3.8, 4) is 0 Å². The van der Waals surface area contributed by atoms with E-state index in [1.807, 2.05) is 19.9 Å². The van der Waals surface area contributed by atoms with Gasteiger partial charge >= 0.3 is 0 Å². The van der Waals surface area contributed by atoms with E-state index in [0.717, 1.165) is 23.1 Å². The molecule has 118 valence electrons. The Kier molecular flexibility index (Phi) is 4.76. The number of aryl methyl sites for hydroxylation is 2. The first-order valence-corrected chi connectivity index (χ1v) is 9.00. The van der Waals surface area contributed by atoms with Crippen molar-refractivity contribution in [2.75, 3.05) is 13.1 Å². The molecule has 1 heterocycles. The quantitative estimate of drug-likeness (QED) is 0.932. The van der Waals surface area contributed by atoms with Gasteiger partial charge in [0.25, 0.3) is 0 Å². The third kappa shape index (κ3) is 3.30. The molecule has 0 aromatic heterocycles. The topological polar surface area (TPSA) is 63.4 Å². The summed E-state index contributed by atoms with van der Waals surface area (Å²) in [7, 11) is -3.43. The predicted octanol–water partition coefficient (Wildman–Crippen LogP) is 2.43. The van der Waals surface area contributed by atoms with Gasteiger partial charge in [-0.25, -0.2) is 8.42 Å². The number of hydrogen-bond donors (Lipinski definition) is 1. The van der Waals surface area contributed by atoms with Gasteiger partial charge in [-0.3, -0.25) is 0 Å². The van der Waals surface area contributed by atoms with E-state index in [2.05, 4.69) is 13.8 Å². The number of piperidine rings is 1. The molecule has 1 fully saturated rings. The summed E-state index contributed by atoms with van der Waals surface area (Å²) in [4.78, 5) is 0.412. The number of nitrogens with two attached hydrogens (primary N) is 1. The Morgan fingerprint density at radius 3 is 2.24 bits per heavy atom. The van der Waals surface area contributed by atoms with E-state index in [0.29, 0.717) is 36.4 Å². The lowest BCUT2D eigenvalue weighted by Crippen LogP contribution is -2.42. The van der Waals surface area contributed by atoms with Gasteiger partial charge in [-0.1, -0.05) is 19.9 Å². The number of benzene rings is 1. The van der Waals surface area contributed by atoms with E-state index < -0.39 is 10.0 Å². The van der Waals surface area contributed by atoms with E-state index in [1.54, 1.807) is 10.4 Å². The Morgan fingerprint density at radius 2 is 1.71 bits per heavy atom. The Balaban J connectivity index is 2.44. The molecule has 0 aliphatic carbocycles. The van der Waals surface area contributed by atoms with Gasteiger partial charge in [0.2, 0.25) is 10.0 Å². The average Bonchev–Trinajstić information content (AvgIpc) is 2.37. The van der Waals surface area contributed by atoms with Crippen LogP contribution >= 0.6 is 0 Å². The SMILES string of the molecule is Cc1cc(C)c(S(=O)(=O)N2CC(C)CC(C)C2)cc1CN. The molecule has 1 aromatic rings. The molecular formula is C16H26N2O2S. The van der Waals surface area contributed by atoms with Crippen LogP contribution in [0.25, 0.3) is 0 Å². The van der Waals surface area contributed by atoms with E-state index in [4.69, 9.17) is 5.73 Å². The van der Waals surface area contributed by atoms with Crippen LogP contribution in [-0.4, -0.2) is 25.8 Å². The highest BCUT2D eigenvalue weighted by Gasteiger charge is 2.32. The molecule has 1 aliphatic rings. The second-order valence-corrected chi connectivity index (χ2v) is 8.42. The van der Waals surface area contributed by atoms with Crippen molar-refractivity contribution in [1.29, 1.82) is 0 Å². The van der Waals surface area contributed by atoms with Crippen molar-refractivity contribution >= 4 is 10.0 Å². The fourth-order valence-corrected chi connectivity index (χ4v) is 5.25. The Hall–Kier alpha value is -0.910. The van der Waals surface area contributed by atoms with Crippen LogP contribution in [0.3, 0.4) is 0 Å². The monoisotopic (exact) mass is 310 g/mol. The maximum Gasteiger partial charge on any atom is 0.243 e. The fraction of sp³-hybridized carbons (Fsp3) is 0.625. The van der Waals surface area contributed by atoms with Crippen LogP contribution in [0.4, 0.5) is 0 Å². The zero-order chi connectivity index (χ0) is 15.8. The average molecular weight is 310 g/mol.